The smallest absolute Gasteiger partial charge is 0.325 e. The Bertz CT molecular complexity index is 642. The summed E-state index contributed by atoms with van der Waals surface area (Å²) in [5.74, 6) is 0.794. The average Bonchev–Trinajstić information content (AvgIpc) is 3.01. The summed E-state index contributed by atoms with van der Waals surface area (Å²) in [6.07, 6.45) is 1.94. The molecule has 3 rings (SSSR count). The number of nitrogens with zero attached hydrogens (tertiary/aromatic N) is 3. The zero-order chi connectivity index (χ0) is 17.5. The van der Waals surface area contributed by atoms with E-state index in [1.54, 1.807) is 0 Å². The van der Waals surface area contributed by atoms with Gasteiger partial charge in [0.2, 0.25) is 0 Å². The Morgan fingerprint density at radius 3 is 2.79 bits per heavy atom. The van der Waals surface area contributed by atoms with Crippen molar-refractivity contribution in [1.82, 2.24) is 20.3 Å². The summed E-state index contributed by atoms with van der Waals surface area (Å²) in [5, 5.41) is 7.00. The lowest BCUT2D eigenvalue weighted by Gasteiger charge is -2.39. The van der Waals surface area contributed by atoms with Crippen molar-refractivity contribution in [3.05, 3.63) is 17.5 Å². The summed E-state index contributed by atoms with van der Waals surface area (Å²) < 4.78 is 5.13. The van der Waals surface area contributed by atoms with Crippen molar-refractivity contribution in [2.75, 3.05) is 13.1 Å². The van der Waals surface area contributed by atoms with Crippen LogP contribution in [0.3, 0.4) is 0 Å². The fraction of sp³-hybridized carbons (Fsp3) is 0.706. The number of likely N-dealkylation sites (tertiary alicyclic amines) is 1. The summed E-state index contributed by atoms with van der Waals surface area (Å²) in [4.78, 5) is 28.7. The summed E-state index contributed by atoms with van der Waals surface area (Å²) in [7, 11) is 0. The van der Waals surface area contributed by atoms with Gasteiger partial charge in [-0.25, -0.2) is 4.79 Å². The number of urea groups is 1. The average molecular weight is 334 g/mol. The number of rotatable bonds is 4. The Morgan fingerprint density at radius 1 is 1.46 bits per heavy atom. The van der Waals surface area contributed by atoms with E-state index in [4.69, 9.17) is 4.52 Å². The maximum Gasteiger partial charge on any atom is 0.325 e. The number of hydrogen-bond acceptors (Lipinski definition) is 5. The summed E-state index contributed by atoms with van der Waals surface area (Å²) in [6, 6.07) is 1.53. The highest BCUT2D eigenvalue weighted by atomic mass is 16.5. The van der Waals surface area contributed by atoms with Gasteiger partial charge < -0.3 is 9.84 Å². The minimum absolute atomic E-state index is 0.0967. The number of imide groups is 1. The van der Waals surface area contributed by atoms with Crippen LogP contribution in [0, 0.1) is 12.8 Å². The first-order valence-electron chi connectivity index (χ1n) is 8.61. The molecule has 0 saturated carbocycles. The minimum Gasteiger partial charge on any atom is -0.361 e. The van der Waals surface area contributed by atoms with Crippen molar-refractivity contribution >= 4 is 11.9 Å². The topological polar surface area (TPSA) is 78.7 Å². The molecule has 3 amide bonds. The second-order valence-corrected chi connectivity index (χ2v) is 7.40. The molecular formula is C17H26N4O3. The number of aryl methyl sites for hydroxylation is 1. The number of nitrogens with one attached hydrogen (secondary N) is 1. The number of hydrogen-bond donors (Lipinski definition) is 1. The van der Waals surface area contributed by atoms with Gasteiger partial charge in [0, 0.05) is 31.1 Å². The van der Waals surface area contributed by atoms with E-state index >= 15 is 0 Å². The first-order chi connectivity index (χ1) is 11.3. The van der Waals surface area contributed by atoms with E-state index in [0.717, 1.165) is 37.4 Å². The SMILES string of the molecule is Cc1cc(CN2CCC[C@@H]([C@]3(C)NC(=O)N(C(C)C)C3=O)C2)no1. The van der Waals surface area contributed by atoms with Crippen LogP contribution in [-0.4, -0.2) is 51.6 Å². The highest BCUT2D eigenvalue weighted by Gasteiger charge is 2.53. The first kappa shape index (κ1) is 17.0. The molecule has 0 spiro atoms. The van der Waals surface area contributed by atoms with Crippen LogP contribution in [0.1, 0.15) is 45.1 Å². The molecule has 0 unspecified atom stereocenters. The van der Waals surface area contributed by atoms with E-state index in [2.05, 4.69) is 15.4 Å². The lowest BCUT2D eigenvalue weighted by Crippen LogP contribution is -2.56. The van der Waals surface area contributed by atoms with Crippen LogP contribution in [0.25, 0.3) is 0 Å². The minimum atomic E-state index is -0.820. The Balaban J connectivity index is 1.72. The third kappa shape index (κ3) is 2.92. The Kier molecular flexibility index (Phi) is 4.38. The van der Waals surface area contributed by atoms with Gasteiger partial charge >= 0.3 is 6.03 Å². The van der Waals surface area contributed by atoms with Crippen LogP contribution in [0.2, 0.25) is 0 Å². The molecule has 0 aliphatic carbocycles. The van der Waals surface area contributed by atoms with Gasteiger partial charge in [0.15, 0.2) is 0 Å². The van der Waals surface area contributed by atoms with Crippen molar-refractivity contribution in [2.45, 2.75) is 58.7 Å². The van der Waals surface area contributed by atoms with Crippen molar-refractivity contribution in [1.29, 1.82) is 0 Å². The zero-order valence-corrected chi connectivity index (χ0v) is 14.8. The van der Waals surface area contributed by atoms with E-state index < -0.39 is 5.54 Å². The molecule has 2 aliphatic rings. The molecule has 0 aromatic carbocycles. The molecule has 2 saturated heterocycles. The molecule has 132 valence electrons. The predicted molar refractivity (Wildman–Crippen MR) is 88.2 cm³/mol. The molecule has 3 heterocycles. The summed E-state index contributed by atoms with van der Waals surface area (Å²) >= 11 is 0. The van der Waals surface area contributed by atoms with Gasteiger partial charge in [-0.15, -0.1) is 0 Å². The van der Waals surface area contributed by atoms with Crippen molar-refractivity contribution in [3.63, 3.8) is 0 Å². The molecule has 2 fully saturated rings. The number of carbonyl (C=O) groups is 2. The maximum atomic E-state index is 12.8. The van der Waals surface area contributed by atoms with Crippen molar-refractivity contribution < 1.29 is 14.1 Å². The molecule has 24 heavy (non-hydrogen) atoms. The number of carbonyl (C=O) groups excluding carboxylic acids is 2. The molecular weight excluding hydrogens is 308 g/mol. The monoisotopic (exact) mass is 334 g/mol. The molecule has 0 radical (unpaired) electrons. The zero-order valence-electron chi connectivity index (χ0n) is 14.8. The fourth-order valence-corrected chi connectivity index (χ4v) is 3.82. The van der Waals surface area contributed by atoms with Crippen molar-refractivity contribution in [3.8, 4) is 0 Å². The van der Waals surface area contributed by atoms with Crippen LogP contribution >= 0.6 is 0 Å². The molecule has 7 heteroatoms. The van der Waals surface area contributed by atoms with E-state index in [9.17, 15) is 9.59 Å². The van der Waals surface area contributed by atoms with Crippen LogP contribution in [0.4, 0.5) is 4.79 Å². The van der Waals surface area contributed by atoms with Gasteiger partial charge in [0.25, 0.3) is 5.91 Å². The van der Waals surface area contributed by atoms with Gasteiger partial charge in [-0.1, -0.05) is 5.16 Å². The highest BCUT2D eigenvalue weighted by Crippen LogP contribution is 2.33. The molecule has 1 aromatic rings. The Morgan fingerprint density at radius 2 is 2.21 bits per heavy atom. The van der Waals surface area contributed by atoms with Gasteiger partial charge in [0.05, 0.1) is 5.69 Å². The third-order valence-electron chi connectivity index (χ3n) is 5.15. The first-order valence-corrected chi connectivity index (χ1v) is 8.61. The van der Waals surface area contributed by atoms with Crippen molar-refractivity contribution in [2.24, 2.45) is 5.92 Å². The van der Waals surface area contributed by atoms with E-state index in [1.165, 1.54) is 4.90 Å². The third-order valence-corrected chi connectivity index (χ3v) is 5.15. The molecule has 2 atom stereocenters. The van der Waals surface area contributed by atoms with E-state index in [1.807, 2.05) is 33.8 Å². The second-order valence-electron chi connectivity index (χ2n) is 7.40. The summed E-state index contributed by atoms with van der Waals surface area (Å²) in [5.41, 5.74) is 0.0867. The van der Waals surface area contributed by atoms with Gasteiger partial charge in [0.1, 0.15) is 11.3 Å². The van der Waals surface area contributed by atoms with Gasteiger partial charge in [-0.05, 0) is 47.1 Å². The number of aromatic nitrogens is 1. The molecule has 1 N–H and O–H groups in total. The van der Waals surface area contributed by atoms with E-state index in [-0.39, 0.29) is 23.9 Å². The van der Waals surface area contributed by atoms with Crippen LogP contribution in [0.15, 0.2) is 10.6 Å². The molecule has 0 bridgehead atoms. The highest BCUT2D eigenvalue weighted by molar-refractivity contribution is 6.07. The Hall–Kier alpha value is -1.89. The second kappa shape index (κ2) is 6.20. The number of piperidine rings is 1. The largest absolute Gasteiger partial charge is 0.361 e. The molecule has 1 aromatic heterocycles. The van der Waals surface area contributed by atoms with Crippen LogP contribution in [-0.2, 0) is 11.3 Å². The van der Waals surface area contributed by atoms with Crippen LogP contribution in [0.5, 0.6) is 0 Å². The lowest BCUT2D eigenvalue weighted by atomic mass is 9.79. The van der Waals surface area contributed by atoms with Gasteiger partial charge in [-0.2, -0.15) is 0 Å². The Labute approximate surface area is 142 Å². The number of amides is 3. The fourth-order valence-electron chi connectivity index (χ4n) is 3.82. The normalized spacial score (nSPS) is 28.7. The lowest BCUT2D eigenvalue weighted by molar-refractivity contribution is -0.134. The molecule has 2 aliphatic heterocycles. The van der Waals surface area contributed by atoms with Crippen LogP contribution < -0.4 is 5.32 Å². The summed E-state index contributed by atoms with van der Waals surface area (Å²) in [6.45, 7) is 9.91. The molecule has 7 nitrogen and oxygen atoms in total. The predicted octanol–water partition coefficient (Wildman–Crippen LogP) is 1.91. The van der Waals surface area contributed by atoms with E-state index in [0.29, 0.717) is 6.54 Å². The maximum absolute atomic E-state index is 12.8. The standard InChI is InChI=1S/C17H26N4O3/c1-11(2)21-15(22)17(4,18-16(21)23)13-6-5-7-20(9-13)10-14-8-12(3)24-19-14/h8,11,13H,5-7,9-10H2,1-4H3,(H,18,23)/t13-,17+/m1/s1. The van der Waals surface area contributed by atoms with Gasteiger partial charge in [-0.3, -0.25) is 14.6 Å². The quantitative estimate of drug-likeness (QED) is 0.851.